The van der Waals surface area contributed by atoms with Crippen LogP contribution in [0.4, 0.5) is 0 Å². The quantitative estimate of drug-likeness (QED) is 0.697. The molecule has 0 aliphatic heterocycles. The fourth-order valence-electron chi connectivity index (χ4n) is 3.57. The van der Waals surface area contributed by atoms with Gasteiger partial charge in [0, 0.05) is 38.6 Å². The van der Waals surface area contributed by atoms with Crippen molar-refractivity contribution in [3.8, 4) is 0 Å². The van der Waals surface area contributed by atoms with E-state index in [-0.39, 0.29) is 18.9 Å². The second-order valence-electron chi connectivity index (χ2n) is 7.21. The fraction of sp³-hybridized carbons (Fsp3) is 0.455. The first-order chi connectivity index (χ1) is 13.1. The predicted octanol–water partition coefficient (Wildman–Crippen LogP) is 3.52. The van der Waals surface area contributed by atoms with Gasteiger partial charge in [-0.05, 0) is 36.1 Å². The number of aliphatic carboxylic acids is 1. The van der Waals surface area contributed by atoms with Crippen molar-refractivity contribution < 1.29 is 14.7 Å². The fourth-order valence-corrected chi connectivity index (χ4v) is 3.57. The van der Waals surface area contributed by atoms with Gasteiger partial charge < -0.3 is 10.0 Å². The first-order valence-corrected chi connectivity index (χ1v) is 9.78. The third kappa shape index (κ3) is 5.30. The number of rotatable bonds is 10. The van der Waals surface area contributed by atoms with E-state index < -0.39 is 5.97 Å². The molecule has 1 aliphatic rings. The lowest BCUT2D eigenvalue weighted by atomic mass is 10.0. The Kier molecular flexibility index (Phi) is 6.45. The highest BCUT2D eigenvalue weighted by Gasteiger charge is 2.29. The number of carboxylic acid groups (broad SMARTS) is 1. The Morgan fingerprint density at radius 3 is 2.48 bits per heavy atom. The van der Waals surface area contributed by atoms with Gasteiger partial charge >= 0.3 is 5.97 Å². The first kappa shape index (κ1) is 19.4. The molecule has 27 heavy (non-hydrogen) atoms. The van der Waals surface area contributed by atoms with Crippen LogP contribution in [0.5, 0.6) is 0 Å². The van der Waals surface area contributed by atoms with Gasteiger partial charge in [-0.15, -0.1) is 0 Å². The molecule has 2 aromatic rings. The van der Waals surface area contributed by atoms with Gasteiger partial charge in [0.15, 0.2) is 0 Å². The minimum absolute atomic E-state index is 0.00191. The minimum atomic E-state index is -0.864. The zero-order valence-electron chi connectivity index (χ0n) is 15.9. The molecule has 1 amide bonds. The average molecular weight is 368 g/mol. The molecule has 0 saturated heterocycles. The topological polar surface area (TPSA) is 60.9 Å². The summed E-state index contributed by atoms with van der Waals surface area (Å²) in [5.74, 6) is -0.820. The van der Waals surface area contributed by atoms with E-state index in [1.165, 1.54) is 29.2 Å². The Hall–Kier alpha value is -2.40. The third-order valence-corrected chi connectivity index (χ3v) is 5.26. The third-order valence-electron chi connectivity index (χ3n) is 5.26. The lowest BCUT2D eigenvalue weighted by molar-refractivity contribution is -0.138. The molecule has 2 aromatic carbocycles. The molecule has 1 saturated carbocycles. The summed E-state index contributed by atoms with van der Waals surface area (Å²) in [5.41, 5.74) is 1.30. The normalized spacial score (nSPS) is 13.9. The second kappa shape index (κ2) is 9.00. The molecule has 5 heteroatoms. The van der Waals surface area contributed by atoms with E-state index in [1.807, 2.05) is 6.92 Å². The van der Waals surface area contributed by atoms with Crippen LogP contribution in [0, 0.1) is 0 Å². The summed E-state index contributed by atoms with van der Waals surface area (Å²) >= 11 is 0. The summed E-state index contributed by atoms with van der Waals surface area (Å²) in [6.07, 6.45) is 2.82. The number of nitrogens with zero attached hydrogens (tertiary/aromatic N) is 2. The smallest absolute Gasteiger partial charge is 0.305 e. The van der Waals surface area contributed by atoms with Crippen molar-refractivity contribution in [3.63, 3.8) is 0 Å². The van der Waals surface area contributed by atoms with Crippen LogP contribution in [0.1, 0.15) is 38.2 Å². The molecule has 0 unspecified atom stereocenters. The molecule has 0 bridgehead atoms. The number of carbonyl (C=O) groups excluding carboxylic acids is 1. The van der Waals surface area contributed by atoms with Crippen LogP contribution in [0.15, 0.2) is 42.5 Å². The van der Waals surface area contributed by atoms with Crippen molar-refractivity contribution in [1.29, 1.82) is 0 Å². The van der Waals surface area contributed by atoms with Crippen LogP contribution in [-0.2, 0) is 16.1 Å². The van der Waals surface area contributed by atoms with Gasteiger partial charge in [0.1, 0.15) is 0 Å². The number of carbonyl (C=O) groups is 2. The molecular formula is C22H28N2O3. The maximum absolute atomic E-state index is 12.5. The molecule has 0 atom stereocenters. The first-order valence-electron chi connectivity index (χ1n) is 9.78. The van der Waals surface area contributed by atoms with Crippen molar-refractivity contribution >= 4 is 22.6 Å². The molecule has 144 valence electrons. The number of amides is 1. The molecule has 0 heterocycles. The Labute approximate surface area is 160 Å². The summed E-state index contributed by atoms with van der Waals surface area (Å²) in [5, 5.41) is 11.4. The van der Waals surface area contributed by atoms with Crippen LogP contribution >= 0.6 is 0 Å². The highest BCUT2D eigenvalue weighted by Crippen LogP contribution is 2.30. The zero-order valence-corrected chi connectivity index (χ0v) is 15.9. The lowest BCUT2D eigenvalue weighted by Gasteiger charge is -2.25. The molecule has 1 aliphatic carbocycles. The maximum Gasteiger partial charge on any atom is 0.305 e. The van der Waals surface area contributed by atoms with Crippen LogP contribution in [-0.4, -0.2) is 52.5 Å². The van der Waals surface area contributed by atoms with Gasteiger partial charge in [0.25, 0.3) is 0 Å². The van der Waals surface area contributed by atoms with E-state index in [2.05, 4.69) is 47.4 Å². The van der Waals surface area contributed by atoms with Crippen LogP contribution in [0.2, 0.25) is 0 Å². The second-order valence-corrected chi connectivity index (χ2v) is 7.21. The van der Waals surface area contributed by atoms with Crippen molar-refractivity contribution in [2.75, 3.05) is 19.6 Å². The molecular weight excluding hydrogens is 340 g/mol. The van der Waals surface area contributed by atoms with Gasteiger partial charge in [0.05, 0.1) is 6.42 Å². The number of hydrogen-bond donors (Lipinski definition) is 1. The monoisotopic (exact) mass is 368 g/mol. The standard InChI is InChI=1S/C22H28N2O3/c1-2-23(15-13-22(26)27)21(25)12-14-24(19-10-11-19)16-18-8-5-7-17-6-3-4-9-20(17)18/h3-9,19H,2,10-16H2,1H3,(H,26,27). The van der Waals surface area contributed by atoms with Crippen LogP contribution < -0.4 is 0 Å². The van der Waals surface area contributed by atoms with Crippen LogP contribution in [0.25, 0.3) is 10.8 Å². The SMILES string of the molecule is CCN(CCC(=O)O)C(=O)CCN(Cc1cccc2ccccc12)C1CC1. The number of benzene rings is 2. The summed E-state index contributed by atoms with van der Waals surface area (Å²) in [7, 11) is 0. The van der Waals surface area contributed by atoms with E-state index in [4.69, 9.17) is 5.11 Å². The Balaban J connectivity index is 1.63. The summed E-state index contributed by atoms with van der Waals surface area (Å²) in [6, 6.07) is 15.4. The average Bonchev–Trinajstić information content (AvgIpc) is 3.50. The van der Waals surface area contributed by atoms with Gasteiger partial charge in [0.2, 0.25) is 5.91 Å². The van der Waals surface area contributed by atoms with Gasteiger partial charge in [-0.25, -0.2) is 0 Å². The van der Waals surface area contributed by atoms with Crippen LogP contribution in [0.3, 0.4) is 0 Å². The van der Waals surface area contributed by atoms with Crippen molar-refractivity contribution in [3.05, 3.63) is 48.0 Å². The van der Waals surface area contributed by atoms with E-state index in [0.717, 1.165) is 13.1 Å². The van der Waals surface area contributed by atoms with Gasteiger partial charge in [-0.1, -0.05) is 42.5 Å². The van der Waals surface area contributed by atoms with Crippen molar-refractivity contribution in [1.82, 2.24) is 9.80 Å². The molecule has 3 rings (SSSR count). The van der Waals surface area contributed by atoms with Gasteiger partial charge in [-0.2, -0.15) is 0 Å². The van der Waals surface area contributed by atoms with E-state index in [1.54, 1.807) is 4.90 Å². The Morgan fingerprint density at radius 1 is 1.04 bits per heavy atom. The minimum Gasteiger partial charge on any atom is -0.481 e. The molecule has 5 nitrogen and oxygen atoms in total. The van der Waals surface area contributed by atoms with Crippen molar-refractivity contribution in [2.24, 2.45) is 0 Å². The predicted molar refractivity (Wildman–Crippen MR) is 107 cm³/mol. The molecule has 0 aromatic heterocycles. The van der Waals surface area contributed by atoms with Gasteiger partial charge in [-0.3, -0.25) is 14.5 Å². The maximum atomic E-state index is 12.5. The van der Waals surface area contributed by atoms with Crippen molar-refractivity contribution in [2.45, 2.75) is 45.2 Å². The highest BCUT2D eigenvalue weighted by molar-refractivity contribution is 5.85. The highest BCUT2D eigenvalue weighted by atomic mass is 16.4. The molecule has 0 spiro atoms. The summed E-state index contributed by atoms with van der Waals surface area (Å²) < 4.78 is 0. The molecule has 0 radical (unpaired) electrons. The summed E-state index contributed by atoms with van der Waals surface area (Å²) in [6.45, 7) is 4.31. The lowest BCUT2D eigenvalue weighted by Crippen LogP contribution is -2.36. The Bertz CT molecular complexity index is 796. The van der Waals surface area contributed by atoms with E-state index >= 15 is 0 Å². The number of carboxylic acids is 1. The van der Waals surface area contributed by atoms with E-state index in [0.29, 0.717) is 19.0 Å². The number of hydrogen-bond acceptors (Lipinski definition) is 3. The molecule has 1 N–H and O–H groups in total. The Morgan fingerprint density at radius 2 is 1.78 bits per heavy atom. The zero-order chi connectivity index (χ0) is 19.2. The van der Waals surface area contributed by atoms with E-state index in [9.17, 15) is 9.59 Å². The largest absolute Gasteiger partial charge is 0.481 e. The molecule has 1 fully saturated rings. The summed E-state index contributed by atoms with van der Waals surface area (Å²) in [4.78, 5) is 27.3. The number of fused-ring (bicyclic) bond motifs is 1.